The Morgan fingerprint density at radius 2 is 1.73 bits per heavy atom. The molecule has 2 aromatic rings. The molecule has 0 bridgehead atoms. The van der Waals surface area contributed by atoms with Gasteiger partial charge in [0.1, 0.15) is 12.9 Å². The summed E-state index contributed by atoms with van der Waals surface area (Å²) < 4.78 is 11.6. The molecule has 7 nitrogen and oxygen atoms in total. The Kier molecular flexibility index (Phi) is 6.93. The van der Waals surface area contributed by atoms with Gasteiger partial charge in [-0.2, -0.15) is 11.1 Å². The van der Waals surface area contributed by atoms with E-state index in [4.69, 9.17) is 32.7 Å². The van der Waals surface area contributed by atoms with Crippen molar-refractivity contribution in [2.75, 3.05) is 6.61 Å². The predicted octanol–water partition coefficient (Wildman–Crippen LogP) is 2.46. The van der Waals surface area contributed by atoms with Crippen molar-refractivity contribution in [2.24, 2.45) is 0 Å². The minimum absolute atomic E-state index is 0.106. The van der Waals surface area contributed by atoms with Crippen LogP contribution in [0.15, 0.2) is 36.4 Å². The van der Waals surface area contributed by atoms with Gasteiger partial charge < -0.3 is 9.47 Å². The zero-order valence-corrected chi connectivity index (χ0v) is 15.7. The number of rotatable bonds is 8. The molecule has 0 radical (unpaired) electrons. The minimum Gasteiger partial charge on any atom is -0.490 e. The van der Waals surface area contributed by atoms with Gasteiger partial charge in [-0.1, -0.05) is 35.3 Å². The standard InChI is InChI=1S/C17H21Cl2N5O2/c1-2-25-15-8-12(9-20-17-21-23-24-22-17)7-14(19)16(15)26-10-11-3-5-13(18)6-4-11/h3-8,17,20-24H,2,9-10H2,1H3. The molecule has 0 spiro atoms. The summed E-state index contributed by atoms with van der Waals surface area (Å²) in [5.74, 6) is 1.15. The van der Waals surface area contributed by atoms with Gasteiger partial charge >= 0.3 is 0 Å². The van der Waals surface area contributed by atoms with E-state index < -0.39 is 0 Å². The molecule has 5 N–H and O–H groups in total. The maximum atomic E-state index is 6.45. The summed E-state index contributed by atoms with van der Waals surface area (Å²) in [5, 5.41) is 4.46. The molecule has 0 atom stereocenters. The lowest BCUT2D eigenvalue weighted by Gasteiger charge is -2.17. The van der Waals surface area contributed by atoms with Crippen LogP contribution in [0.3, 0.4) is 0 Å². The van der Waals surface area contributed by atoms with Crippen molar-refractivity contribution in [1.82, 2.24) is 27.2 Å². The summed E-state index contributed by atoms with van der Waals surface area (Å²) in [6.45, 7) is 3.41. The molecule has 1 fully saturated rings. The fourth-order valence-corrected chi connectivity index (χ4v) is 2.85. The van der Waals surface area contributed by atoms with Gasteiger partial charge in [-0.25, -0.2) is 10.9 Å². The van der Waals surface area contributed by atoms with Crippen LogP contribution in [0.1, 0.15) is 18.1 Å². The van der Waals surface area contributed by atoms with Crippen LogP contribution >= 0.6 is 23.2 Å². The second kappa shape index (κ2) is 9.38. The number of hydrogen-bond acceptors (Lipinski definition) is 7. The number of benzene rings is 2. The molecule has 0 aromatic heterocycles. The number of nitrogens with one attached hydrogen (secondary N) is 5. The summed E-state index contributed by atoms with van der Waals surface area (Å²) in [6.07, 6.45) is -0.106. The van der Waals surface area contributed by atoms with E-state index in [1.807, 2.05) is 43.3 Å². The molecule has 9 heteroatoms. The Labute approximate surface area is 162 Å². The predicted molar refractivity (Wildman–Crippen MR) is 102 cm³/mol. The SMILES string of the molecule is CCOc1cc(CNC2NNNN2)cc(Cl)c1OCc1ccc(Cl)cc1. The quantitative estimate of drug-likeness (QED) is 0.468. The lowest BCUT2D eigenvalue weighted by atomic mass is 10.2. The van der Waals surface area contributed by atoms with E-state index in [1.54, 1.807) is 0 Å². The van der Waals surface area contributed by atoms with Crippen molar-refractivity contribution in [3.63, 3.8) is 0 Å². The van der Waals surface area contributed by atoms with Gasteiger partial charge in [-0.05, 0) is 42.3 Å². The van der Waals surface area contributed by atoms with Crippen molar-refractivity contribution in [2.45, 2.75) is 26.4 Å². The van der Waals surface area contributed by atoms with Gasteiger partial charge in [-0.15, -0.1) is 0 Å². The molecular weight excluding hydrogens is 377 g/mol. The Hall–Kier alpha value is -1.58. The normalized spacial score (nSPS) is 14.6. The summed E-state index contributed by atoms with van der Waals surface area (Å²) in [5.41, 5.74) is 13.4. The van der Waals surface area contributed by atoms with E-state index in [0.29, 0.717) is 41.3 Å². The smallest absolute Gasteiger partial charge is 0.180 e. The summed E-state index contributed by atoms with van der Waals surface area (Å²) >= 11 is 12.4. The highest BCUT2D eigenvalue weighted by molar-refractivity contribution is 6.32. The lowest BCUT2D eigenvalue weighted by molar-refractivity contribution is 0.269. The zero-order valence-electron chi connectivity index (χ0n) is 14.2. The summed E-state index contributed by atoms with van der Waals surface area (Å²) in [7, 11) is 0. The molecule has 2 aromatic carbocycles. The van der Waals surface area contributed by atoms with Crippen LogP contribution in [0.5, 0.6) is 11.5 Å². The highest BCUT2D eigenvalue weighted by Gasteiger charge is 2.15. The van der Waals surface area contributed by atoms with E-state index in [0.717, 1.165) is 11.1 Å². The Morgan fingerprint density at radius 1 is 1.00 bits per heavy atom. The Bertz CT molecular complexity index is 724. The van der Waals surface area contributed by atoms with Crippen molar-refractivity contribution < 1.29 is 9.47 Å². The molecule has 26 heavy (non-hydrogen) atoms. The van der Waals surface area contributed by atoms with Crippen LogP contribution in [0, 0.1) is 0 Å². The van der Waals surface area contributed by atoms with Crippen molar-refractivity contribution in [3.8, 4) is 11.5 Å². The fourth-order valence-electron chi connectivity index (χ4n) is 2.44. The molecule has 0 unspecified atom stereocenters. The van der Waals surface area contributed by atoms with E-state index in [-0.39, 0.29) is 6.29 Å². The maximum Gasteiger partial charge on any atom is 0.180 e. The van der Waals surface area contributed by atoms with Crippen LogP contribution in [0.4, 0.5) is 0 Å². The van der Waals surface area contributed by atoms with Crippen LogP contribution < -0.4 is 36.7 Å². The average molecular weight is 398 g/mol. The van der Waals surface area contributed by atoms with Gasteiger partial charge in [0, 0.05) is 11.6 Å². The van der Waals surface area contributed by atoms with E-state index >= 15 is 0 Å². The molecular formula is C17H21Cl2N5O2. The first-order valence-corrected chi connectivity index (χ1v) is 8.98. The third kappa shape index (κ3) is 5.21. The second-order valence-corrected chi connectivity index (χ2v) is 6.45. The van der Waals surface area contributed by atoms with E-state index in [2.05, 4.69) is 27.2 Å². The molecule has 0 saturated carbocycles. The molecule has 3 rings (SSSR count). The van der Waals surface area contributed by atoms with Gasteiger partial charge in [0.25, 0.3) is 0 Å². The number of hydrogen-bond donors (Lipinski definition) is 5. The fraction of sp³-hybridized carbons (Fsp3) is 0.294. The molecule has 1 aliphatic heterocycles. The third-order valence-corrected chi connectivity index (χ3v) is 4.20. The van der Waals surface area contributed by atoms with Crippen LogP contribution in [-0.2, 0) is 13.2 Å². The highest BCUT2D eigenvalue weighted by atomic mass is 35.5. The lowest BCUT2D eigenvalue weighted by Crippen LogP contribution is -2.46. The molecule has 1 heterocycles. The van der Waals surface area contributed by atoms with Gasteiger partial charge in [0.15, 0.2) is 11.5 Å². The second-order valence-electron chi connectivity index (χ2n) is 5.61. The Balaban J connectivity index is 1.69. The number of hydrazine groups is 3. The van der Waals surface area contributed by atoms with Crippen LogP contribution in [0.25, 0.3) is 0 Å². The largest absolute Gasteiger partial charge is 0.490 e. The average Bonchev–Trinajstić information content (AvgIpc) is 3.14. The van der Waals surface area contributed by atoms with Crippen LogP contribution in [0.2, 0.25) is 10.0 Å². The Morgan fingerprint density at radius 3 is 2.42 bits per heavy atom. The molecule has 140 valence electrons. The monoisotopic (exact) mass is 397 g/mol. The molecule has 1 saturated heterocycles. The van der Waals surface area contributed by atoms with E-state index in [1.165, 1.54) is 0 Å². The van der Waals surface area contributed by atoms with Crippen molar-refractivity contribution in [1.29, 1.82) is 0 Å². The maximum absolute atomic E-state index is 6.45. The number of ether oxygens (including phenoxy) is 2. The van der Waals surface area contributed by atoms with Gasteiger partial charge in [0.05, 0.1) is 11.6 Å². The van der Waals surface area contributed by atoms with Crippen molar-refractivity contribution in [3.05, 3.63) is 57.6 Å². The first-order valence-electron chi connectivity index (χ1n) is 8.22. The zero-order chi connectivity index (χ0) is 18.4. The molecule has 0 amide bonds. The summed E-state index contributed by atoms with van der Waals surface area (Å²) in [6, 6.07) is 11.3. The van der Waals surface area contributed by atoms with Crippen molar-refractivity contribution >= 4 is 23.2 Å². The highest BCUT2D eigenvalue weighted by Crippen LogP contribution is 2.37. The van der Waals surface area contributed by atoms with Crippen LogP contribution in [-0.4, -0.2) is 12.9 Å². The third-order valence-electron chi connectivity index (χ3n) is 3.67. The van der Waals surface area contributed by atoms with E-state index in [9.17, 15) is 0 Å². The summed E-state index contributed by atoms with van der Waals surface area (Å²) in [4.78, 5) is 0. The topological polar surface area (TPSA) is 78.6 Å². The molecule has 1 aliphatic rings. The minimum atomic E-state index is -0.106. The number of halogens is 2. The first kappa shape index (κ1) is 19.2. The first-order chi connectivity index (χ1) is 12.7. The van der Waals surface area contributed by atoms with Gasteiger partial charge in [0.2, 0.25) is 0 Å². The van der Waals surface area contributed by atoms with Gasteiger partial charge in [-0.3, -0.25) is 5.32 Å². The molecule has 0 aliphatic carbocycles.